The second-order valence-electron chi connectivity index (χ2n) is 7.02. The summed E-state index contributed by atoms with van der Waals surface area (Å²) in [6.45, 7) is 15.9. The van der Waals surface area contributed by atoms with Crippen molar-refractivity contribution in [2.45, 2.75) is 72.8 Å². The first-order valence-electron chi connectivity index (χ1n) is 7.60. The summed E-state index contributed by atoms with van der Waals surface area (Å²) in [5, 5.41) is 0. The van der Waals surface area contributed by atoms with Crippen molar-refractivity contribution >= 4 is 0 Å². The molecule has 1 aliphatic rings. The van der Waals surface area contributed by atoms with E-state index < -0.39 is 0 Å². The molecule has 0 radical (unpaired) electrons. The van der Waals surface area contributed by atoms with Gasteiger partial charge in [0.25, 0.3) is 0 Å². The minimum Gasteiger partial charge on any atom is -0.287 e. The highest BCUT2D eigenvalue weighted by Gasteiger charge is 2.33. The third-order valence-electron chi connectivity index (χ3n) is 3.76. The lowest BCUT2D eigenvalue weighted by Crippen LogP contribution is -2.46. The summed E-state index contributed by atoms with van der Waals surface area (Å²) in [6.07, 6.45) is 5.18. The molecular formula is C17H31N. The summed E-state index contributed by atoms with van der Waals surface area (Å²) in [7, 11) is 0. The number of nitrogens with zero attached hydrogens (tertiary/aromatic N) is 1. The van der Waals surface area contributed by atoms with E-state index in [1.807, 2.05) is 0 Å². The third kappa shape index (κ3) is 5.02. The SMILES string of the molecule is CCCN(CC1CC1)C(C)(C#CC(C)(C)C)CC. The van der Waals surface area contributed by atoms with E-state index in [0.29, 0.717) is 0 Å². The van der Waals surface area contributed by atoms with E-state index >= 15 is 0 Å². The lowest BCUT2D eigenvalue weighted by molar-refractivity contribution is 0.142. The molecule has 0 bridgehead atoms. The summed E-state index contributed by atoms with van der Waals surface area (Å²) < 4.78 is 0. The zero-order valence-corrected chi connectivity index (χ0v) is 13.3. The molecule has 104 valence electrons. The van der Waals surface area contributed by atoms with E-state index in [4.69, 9.17) is 0 Å². The molecule has 0 aromatic carbocycles. The fourth-order valence-electron chi connectivity index (χ4n) is 2.13. The first kappa shape index (κ1) is 15.6. The molecule has 1 rings (SSSR count). The molecule has 1 unspecified atom stereocenters. The van der Waals surface area contributed by atoms with Crippen LogP contribution in [0.4, 0.5) is 0 Å². The van der Waals surface area contributed by atoms with Gasteiger partial charge >= 0.3 is 0 Å². The maximum atomic E-state index is 3.58. The van der Waals surface area contributed by atoms with Crippen LogP contribution in [0.15, 0.2) is 0 Å². The van der Waals surface area contributed by atoms with Crippen LogP contribution in [0.2, 0.25) is 0 Å². The molecule has 1 fully saturated rings. The second-order valence-corrected chi connectivity index (χ2v) is 7.02. The van der Waals surface area contributed by atoms with Crippen molar-refractivity contribution < 1.29 is 0 Å². The molecule has 1 heteroatoms. The van der Waals surface area contributed by atoms with Crippen LogP contribution < -0.4 is 0 Å². The molecule has 1 atom stereocenters. The monoisotopic (exact) mass is 249 g/mol. The molecule has 0 aliphatic heterocycles. The van der Waals surface area contributed by atoms with E-state index in [0.717, 1.165) is 12.3 Å². The minimum atomic E-state index is 0.0614. The van der Waals surface area contributed by atoms with Crippen LogP contribution in [0.25, 0.3) is 0 Å². The summed E-state index contributed by atoms with van der Waals surface area (Å²) >= 11 is 0. The van der Waals surface area contributed by atoms with Gasteiger partial charge in [0, 0.05) is 12.0 Å². The van der Waals surface area contributed by atoms with Gasteiger partial charge in [0.15, 0.2) is 0 Å². The van der Waals surface area contributed by atoms with Gasteiger partial charge in [-0.25, -0.2) is 0 Å². The van der Waals surface area contributed by atoms with E-state index in [1.54, 1.807) is 0 Å². The van der Waals surface area contributed by atoms with Gasteiger partial charge in [-0.1, -0.05) is 25.7 Å². The molecule has 1 saturated carbocycles. The molecule has 0 N–H and O–H groups in total. The summed E-state index contributed by atoms with van der Waals surface area (Å²) in [5.41, 5.74) is 0.166. The van der Waals surface area contributed by atoms with Crippen molar-refractivity contribution in [1.82, 2.24) is 4.90 Å². The molecule has 0 heterocycles. The Hall–Kier alpha value is -0.480. The van der Waals surface area contributed by atoms with Crippen LogP contribution in [-0.4, -0.2) is 23.5 Å². The highest BCUT2D eigenvalue weighted by atomic mass is 15.2. The largest absolute Gasteiger partial charge is 0.287 e. The van der Waals surface area contributed by atoms with Crippen LogP contribution >= 0.6 is 0 Å². The fraction of sp³-hybridized carbons (Fsp3) is 0.882. The Bertz CT molecular complexity index is 311. The van der Waals surface area contributed by atoms with Gasteiger partial charge in [0.05, 0.1) is 5.54 Å². The van der Waals surface area contributed by atoms with Crippen molar-refractivity contribution in [2.75, 3.05) is 13.1 Å². The Morgan fingerprint density at radius 2 is 1.67 bits per heavy atom. The lowest BCUT2D eigenvalue weighted by Gasteiger charge is -2.37. The first-order chi connectivity index (χ1) is 8.30. The average molecular weight is 249 g/mol. The fourth-order valence-corrected chi connectivity index (χ4v) is 2.13. The Morgan fingerprint density at radius 3 is 2.06 bits per heavy atom. The van der Waals surface area contributed by atoms with Crippen molar-refractivity contribution in [3.63, 3.8) is 0 Å². The number of hydrogen-bond acceptors (Lipinski definition) is 1. The van der Waals surface area contributed by atoms with Crippen LogP contribution in [-0.2, 0) is 0 Å². The molecule has 0 amide bonds. The highest BCUT2D eigenvalue weighted by molar-refractivity contribution is 5.20. The highest BCUT2D eigenvalue weighted by Crippen LogP contribution is 2.33. The van der Waals surface area contributed by atoms with Crippen LogP contribution in [0, 0.1) is 23.2 Å². The van der Waals surface area contributed by atoms with E-state index in [9.17, 15) is 0 Å². The maximum Gasteiger partial charge on any atom is 0.0794 e. The predicted octanol–water partition coefficient (Wildman–Crippen LogP) is 4.33. The molecule has 0 saturated heterocycles. The Morgan fingerprint density at radius 1 is 1.06 bits per heavy atom. The molecule has 18 heavy (non-hydrogen) atoms. The molecule has 0 spiro atoms. The van der Waals surface area contributed by atoms with Crippen molar-refractivity contribution in [1.29, 1.82) is 0 Å². The molecule has 0 aromatic heterocycles. The molecular weight excluding hydrogens is 218 g/mol. The van der Waals surface area contributed by atoms with Gasteiger partial charge in [0.1, 0.15) is 0 Å². The van der Waals surface area contributed by atoms with Crippen LogP contribution in [0.3, 0.4) is 0 Å². The minimum absolute atomic E-state index is 0.0614. The maximum absolute atomic E-state index is 3.58. The van der Waals surface area contributed by atoms with Gasteiger partial charge in [-0.15, -0.1) is 0 Å². The topological polar surface area (TPSA) is 3.24 Å². The zero-order chi connectivity index (χ0) is 13.8. The van der Waals surface area contributed by atoms with Gasteiger partial charge in [-0.05, 0) is 65.8 Å². The first-order valence-corrected chi connectivity index (χ1v) is 7.60. The smallest absolute Gasteiger partial charge is 0.0794 e. The zero-order valence-electron chi connectivity index (χ0n) is 13.3. The van der Waals surface area contributed by atoms with Crippen molar-refractivity contribution in [3.05, 3.63) is 0 Å². The molecule has 1 aliphatic carbocycles. The Labute approximate surface area is 114 Å². The summed E-state index contributed by atoms with van der Waals surface area (Å²) in [5.74, 6) is 7.98. The van der Waals surface area contributed by atoms with Crippen molar-refractivity contribution in [2.24, 2.45) is 11.3 Å². The Balaban J connectivity index is 2.81. The number of hydrogen-bond donors (Lipinski definition) is 0. The van der Waals surface area contributed by atoms with E-state index in [2.05, 4.69) is 58.3 Å². The number of rotatable bonds is 6. The van der Waals surface area contributed by atoms with Gasteiger partial charge in [-0.3, -0.25) is 4.90 Å². The summed E-state index contributed by atoms with van der Waals surface area (Å²) in [4.78, 5) is 2.63. The lowest BCUT2D eigenvalue weighted by atomic mass is 9.91. The van der Waals surface area contributed by atoms with Crippen LogP contribution in [0.5, 0.6) is 0 Å². The average Bonchev–Trinajstić information content (AvgIpc) is 3.08. The Kier molecular flexibility index (Phi) is 5.29. The third-order valence-corrected chi connectivity index (χ3v) is 3.76. The standard InChI is InChI=1S/C17H31N/c1-7-13-18(14-15-9-10-15)17(6,8-2)12-11-16(3,4)5/h15H,7-10,13-14H2,1-6H3. The second kappa shape index (κ2) is 6.11. The molecule has 1 nitrogen and oxygen atoms in total. The van der Waals surface area contributed by atoms with E-state index in [-0.39, 0.29) is 11.0 Å². The quantitative estimate of drug-likeness (QED) is 0.633. The van der Waals surface area contributed by atoms with Gasteiger partial charge in [0.2, 0.25) is 0 Å². The van der Waals surface area contributed by atoms with Crippen molar-refractivity contribution in [3.8, 4) is 11.8 Å². The van der Waals surface area contributed by atoms with Gasteiger partial charge < -0.3 is 0 Å². The van der Waals surface area contributed by atoms with Gasteiger partial charge in [-0.2, -0.15) is 0 Å². The predicted molar refractivity (Wildman–Crippen MR) is 80.5 cm³/mol. The molecule has 0 aromatic rings. The van der Waals surface area contributed by atoms with Crippen LogP contribution in [0.1, 0.15) is 67.2 Å². The summed E-state index contributed by atoms with van der Waals surface area (Å²) in [6, 6.07) is 0. The normalized spacial score (nSPS) is 19.3. The van der Waals surface area contributed by atoms with E-state index in [1.165, 1.54) is 32.4 Å².